The van der Waals surface area contributed by atoms with Crippen LogP contribution in [0.4, 0.5) is 5.69 Å². The van der Waals surface area contributed by atoms with Crippen molar-refractivity contribution < 1.29 is 4.79 Å². The summed E-state index contributed by atoms with van der Waals surface area (Å²) in [5.41, 5.74) is 6.50. The van der Waals surface area contributed by atoms with Crippen LogP contribution in [-0.2, 0) is 11.3 Å². The van der Waals surface area contributed by atoms with Crippen LogP contribution < -0.4 is 10.6 Å². The molecule has 0 radical (unpaired) electrons. The number of carbonyl (C=O) groups is 1. The second-order valence-corrected chi connectivity index (χ2v) is 5.08. The van der Waals surface area contributed by atoms with Gasteiger partial charge in [-0.15, -0.1) is 0 Å². The minimum absolute atomic E-state index is 0.151. The molecule has 0 aliphatic carbocycles. The first-order chi connectivity index (χ1) is 8.60. The Morgan fingerprint density at radius 1 is 1.56 bits per heavy atom. The quantitative estimate of drug-likeness (QED) is 0.784. The molecule has 18 heavy (non-hydrogen) atoms. The van der Waals surface area contributed by atoms with Gasteiger partial charge in [-0.3, -0.25) is 9.48 Å². The average molecular weight is 251 g/mol. The van der Waals surface area contributed by atoms with Gasteiger partial charge in [0.05, 0.1) is 18.4 Å². The van der Waals surface area contributed by atoms with Crippen molar-refractivity contribution >= 4 is 11.6 Å². The Balaban J connectivity index is 1.99. The van der Waals surface area contributed by atoms with E-state index in [1.807, 2.05) is 25.0 Å². The number of anilines is 1. The summed E-state index contributed by atoms with van der Waals surface area (Å²) < 4.78 is 1.87. The Morgan fingerprint density at radius 2 is 2.33 bits per heavy atom. The molecule has 1 amide bonds. The molecule has 100 valence electrons. The van der Waals surface area contributed by atoms with E-state index >= 15 is 0 Å². The van der Waals surface area contributed by atoms with E-state index in [0.29, 0.717) is 19.5 Å². The van der Waals surface area contributed by atoms with Gasteiger partial charge in [-0.2, -0.15) is 5.10 Å². The van der Waals surface area contributed by atoms with Crippen LogP contribution in [0, 0.1) is 5.92 Å². The molecule has 1 fully saturated rings. The van der Waals surface area contributed by atoms with E-state index in [0.717, 1.165) is 18.8 Å². The van der Waals surface area contributed by atoms with Crippen molar-refractivity contribution in [2.24, 2.45) is 11.7 Å². The fourth-order valence-corrected chi connectivity index (χ4v) is 2.11. The molecule has 2 rings (SSSR count). The van der Waals surface area contributed by atoms with E-state index in [2.05, 4.69) is 10.00 Å². The van der Waals surface area contributed by atoms with Crippen LogP contribution in [-0.4, -0.2) is 54.3 Å². The molecule has 2 heterocycles. The molecule has 1 unspecified atom stereocenters. The minimum atomic E-state index is 0.151. The first-order valence-electron chi connectivity index (χ1n) is 6.27. The van der Waals surface area contributed by atoms with E-state index in [4.69, 9.17) is 5.73 Å². The van der Waals surface area contributed by atoms with Crippen molar-refractivity contribution in [1.29, 1.82) is 0 Å². The topological polar surface area (TPSA) is 67.4 Å². The van der Waals surface area contributed by atoms with Crippen LogP contribution in [0.2, 0.25) is 0 Å². The number of likely N-dealkylation sites (N-methyl/N-ethyl adjacent to an activating group) is 1. The van der Waals surface area contributed by atoms with E-state index < -0.39 is 0 Å². The summed E-state index contributed by atoms with van der Waals surface area (Å²) in [5.74, 6) is 0.431. The van der Waals surface area contributed by atoms with Gasteiger partial charge in [-0.05, 0) is 26.6 Å². The third-order valence-electron chi connectivity index (χ3n) is 3.25. The number of aromatic nitrogens is 2. The second kappa shape index (κ2) is 5.49. The van der Waals surface area contributed by atoms with E-state index in [9.17, 15) is 4.79 Å². The fourth-order valence-electron chi connectivity index (χ4n) is 2.11. The predicted octanol–water partition coefficient (Wildman–Crippen LogP) is -0.244. The van der Waals surface area contributed by atoms with E-state index in [1.54, 1.807) is 11.1 Å². The first-order valence-corrected chi connectivity index (χ1v) is 6.27. The molecule has 1 atom stereocenters. The Kier molecular flexibility index (Phi) is 3.98. The van der Waals surface area contributed by atoms with Crippen molar-refractivity contribution in [2.45, 2.75) is 13.0 Å². The van der Waals surface area contributed by atoms with Crippen LogP contribution >= 0.6 is 0 Å². The van der Waals surface area contributed by atoms with Crippen molar-refractivity contribution in [3.05, 3.63) is 12.4 Å². The van der Waals surface area contributed by atoms with Crippen LogP contribution in [0.5, 0.6) is 0 Å². The van der Waals surface area contributed by atoms with Gasteiger partial charge in [0.15, 0.2) is 0 Å². The molecule has 1 aliphatic heterocycles. The van der Waals surface area contributed by atoms with Crippen molar-refractivity contribution in [2.75, 3.05) is 38.6 Å². The number of carbonyl (C=O) groups excluding carboxylic acids is 1. The highest BCUT2D eigenvalue weighted by molar-refractivity contribution is 5.95. The smallest absolute Gasteiger partial charge is 0.227 e. The molecule has 1 aliphatic rings. The maximum atomic E-state index is 11.8. The molecule has 1 aromatic rings. The summed E-state index contributed by atoms with van der Waals surface area (Å²) in [6.07, 6.45) is 4.24. The van der Waals surface area contributed by atoms with Gasteiger partial charge in [-0.25, -0.2) is 0 Å². The highest BCUT2D eigenvalue weighted by atomic mass is 16.2. The lowest BCUT2D eigenvalue weighted by molar-refractivity contribution is -0.117. The van der Waals surface area contributed by atoms with Crippen LogP contribution in [0.25, 0.3) is 0 Å². The van der Waals surface area contributed by atoms with Gasteiger partial charge in [0, 0.05) is 25.7 Å². The molecule has 0 bridgehead atoms. The summed E-state index contributed by atoms with van der Waals surface area (Å²) in [6.45, 7) is 3.04. The van der Waals surface area contributed by atoms with Gasteiger partial charge in [-0.1, -0.05) is 0 Å². The number of hydrogen-bond donors (Lipinski definition) is 1. The van der Waals surface area contributed by atoms with Crippen molar-refractivity contribution in [1.82, 2.24) is 14.7 Å². The third kappa shape index (κ3) is 2.88. The maximum absolute atomic E-state index is 11.8. The van der Waals surface area contributed by atoms with Crippen LogP contribution in [0.15, 0.2) is 12.4 Å². The molecule has 0 spiro atoms. The lowest BCUT2D eigenvalue weighted by Crippen LogP contribution is -2.25. The summed E-state index contributed by atoms with van der Waals surface area (Å²) in [6, 6.07) is 0. The number of nitrogens with zero attached hydrogens (tertiary/aromatic N) is 4. The first kappa shape index (κ1) is 13.0. The molecular formula is C12H21N5O. The summed E-state index contributed by atoms with van der Waals surface area (Å²) >= 11 is 0. The molecular weight excluding hydrogens is 230 g/mol. The zero-order valence-corrected chi connectivity index (χ0v) is 11.0. The van der Waals surface area contributed by atoms with Crippen LogP contribution in [0.1, 0.15) is 6.42 Å². The monoisotopic (exact) mass is 251 g/mol. The number of nitrogens with two attached hydrogens (primary N) is 1. The summed E-state index contributed by atoms with van der Waals surface area (Å²) in [4.78, 5) is 15.7. The molecule has 1 aromatic heterocycles. The number of amides is 1. The van der Waals surface area contributed by atoms with Crippen molar-refractivity contribution in [3.8, 4) is 0 Å². The Hall–Kier alpha value is -1.40. The number of hydrogen-bond acceptors (Lipinski definition) is 4. The number of rotatable bonds is 5. The molecule has 6 nitrogen and oxygen atoms in total. The summed E-state index contributed by atoms with van der Waals surface area (Å²) in [7, 11) is 4.06. The standard InChI is InChI=1S/C12H21N5O/c1-15(2)3-4-16-9-11(7-14-16)17-8-10(6-13)5-12(17)18/h7,9-10H,3-6,8,13H2,1-2H3. The maximum Gasteiger partial charge on any atom is 0.227 e. The van der Waals surface area contributed by atoms with Gasteiger partial charge in [0.2, 0.25) is 5.91 Å². The van der Waals surface area contributed by atoms with E-state index in [1.165, 1.54) is 0 Å². The highest BCUT2D eigenvalue weighted by Gasteiger charge is 2.30. The average Bonchev–Trinajstić information content (AvgIpc) is 2.92. The zero-order valence-electron chi connectivity index (χ0n) is 11.0. The molecule has 6 heteroatoms. The predicted molar refractivity (Wildman–Crippen MR) is 70.3 cm³/mol. The van der Waals surface area contributed by atoms with Gasteiger partial charge in [0.1, 0.15) is 0 Å². The second-order valence-electron chi connectivity index (χ2n) is 5.08. The third-order valence-corrected chi connectivity index (χ3v) is 3.25. The normalized spacial score (nSPS) is 20.1. The molecule has 0 aromatic carbocycles. The summed E-state index contributed by atoms with van der Waals surface area (Å²) in [5, 5.41) is 4.28. The highest BCUT2D eigenvalue weighted by Crippen LogP contribution is 2.23. The largest absolute Gasteiger partial charge is 0.330 e. The Bertz CT molecular complexity index is 414. The lowest BCUT2D eigenvalue weighted by Gasteiger charge is -2.13. The Morgan fingerprint density at radius 3 is 2.94 bits per heavy atom. The Labute approximate surface area is 107 Å². The van der Waals surface area contributed by atoms with Crippen molar-refractivity contribution in [3.63, 3.8) is 0 Å². The minimum Gasteiger partial charge on any atom is -0.330 e. The zero-order chi connectivity index (χ0) is 13.1. The van der Waals surface area contributed by atoms with Crippen LogP contribution in [0.3, 0.4) is 0 Å². The molecule has 0 saturated carbocycles. The molecule has 2 N–H and O–H groups in total. The van der Waals surface area contributed by atoms with Gasteiger partial charge in [0.25, 0.3) is 0 Å². The lowest BCUT2D eigenvalue weighted by atomic mass is 10.1. The SMILES string of the molecule is CN(C)CCn1cc(N2CC(CN)CC2=O)cn1. The fraction of sp³-hybridized carbons (Fsp3) is 0.667. The molecule has 1 saturated heterocycles. The van der Waals surface area contributed by atoms with Gasteiger partial charge < -0.3 is 15.5 Å². The van der Waals surface area contributed by atoms with E-state index in [-0.39, 0.29) is 11.8 Å². The van der Waals surface area contributed by atoms with Gasteiger partial charge >= 0.3 is 0 Å².